The van der Waals surface area contributed by atoms with Gasteiger partial charge in [0.2, 0.25) is 11.7 Å². The van der Waals surface area contributed by atoms with Gasteiger partial charge in [0.1, 0.15) is 11.7 Å². The molecule has 1 amide bonds. The number of nitro benzene ring substituents is 1. The molecule has 0 heterocycles. The van der Waals surface area contributed by atoms with Gasteiger partial charge in [-0.05, 0) is 26.0 Å². The van der Waals surface area contributed by atoms with Crippen molar-refractivity contribution in [2.45, 2.75) is 19.9 Å². The van der Waals surface area contributed by atoms with Crippen LogP contribution in [0.1, 0.15) is 13.8 Å². The topological polar surface area (TPSA) is 75.5 Å². The van der Waals surface area contributed by atoms with Crippen molar-refractivity contribution >= 4 is 17.3 Å². The van der Waals surface area contributed by atoms with Crippen LogP contribution in [0.15, 0.2) is 18.2 Å². The number of nitrogens with one attached hydrogen (secondary N) is 1. The lowest BCUT2D eigenvalue weighted by Gasteiger charge is -2.21. The Morgan fingerprint density at radius 1 is 1.58 bits per heavy atom. The molecule has 0 aliphatic rings. The van der Waals surface area contributed by atoms with Crippen LogP contribution in [0, 0.1) is 15.9 Å². The number of amides is 1. The van der Waals surface area contributed by atoms with Gasteiger partial charge in [-0.1, -0.05) is 6.07 Å². The summed E-state index contributed by atoms with van der Waals surface area (Å²) < 4.78 is 13.4. The molecule has 7 heteroatoms. The molecule has 1 aromatic rings. The van der Waals surface area contributed by atoms with Crippen molar-refractivity contribution in [3.05, 3.63) is 34.1 Å². The number of nitrogens with zero attached hydrogens (tertiary/aromatic N) is 2. The molecule has 0 saturated carbocycles. The SMILES string of the molecule is CCN(C)C(=O)C(C)Nc1cccc(F)c1[N+](=O)[O-]. The molecular weight excluding hydrogens is 253 g/mol. The number of nitro groups is 1. The molecule has 1 aromatic carbocycles. The molecule has 1 rings (SSSR count). The highest BCUT2D eigenvalue weighted by molar-refractivity contribution is 5.85. The average Bonchev–Trinajstić information content (AvgIpc) is 2.36. The third kappa shape index (κ3) is 3.40. The summed E-state index contributed by atoms with van der Waals surface area (Å²) in [6.45, 7) is 3.91. The number of anilines is 1. The van der Waals surface area contributed by atoms with Crippen molar-refractivity contribution in [1.82, 2.24) is 4.90 Å². The second kappa shape index (κ2) is 6.12. The number of carbonyl (C=O) groups excluding carboxylic acids is 1. The second-order valence-electron chi connectivity index (χ2n) is 4.11. The summed E-state index contributed by atoms with van der Waals surface area (Å²) in [4.78, 5) is 23.3. The number of rotatable bonds is 5. The van der Waals surface area contributed by atoms with Gasteiger partial charge in [-0.25, -0.2) is 0 Å². The fourth-order valence-electron chi connectivity index (χ4n) is 1.60. The van der Waals surface area contributed by atoms with E-state index in [2.05, 4.69) is 5.32 Å². The lowest BCUT2D eigenvalue weighted by Crippen LogP contribution is -2.38. The summed E-state index contributed by atoms with van der Waals surface area (Å²) in [7, 11) is 1.63. The maximum Gasteiger partial charge on any atom is 0.327 e. The van der Waals surface area contributed by atoms with E-state index in [0.717, 1.165) is 6.07 Å². The Kier molecular flexibility index (Phi) is 4.80. The Morgan fingerprint density at radius 2 is 2.21 bits per heavy atom. The quantitative estimate of drug-likeness (QED) is 0.655. The van der Waals surface area contributed by atoms with Gasteiger partial charge in [0.15, 0.2) is 0 Å². The molecule has 0 aliphatic carbocycles. The Bertz CT molecular complexity index is 493. The molecule has 1 N–H and O–H groups in total. The van der Waals surface area contributed by atoms with Gasteiger partial charge in [-0.2, -0.15) is 4.39 Å². The smallest absolute Gasteiger partial charge is 0.327 e. The Balaban J connectivity index is 2.97. The van der Waals surface area contributed by atoms with Gasteiger partial charge < -0.3 is 10.2 Å². The maximum absolute atomic E-state index is 13.4. The zero-order valence-corrected chi connectivity index (χ0v) is 11.0. The molecule has 0 aromatic heterocycles. The average molecular weight is 269 g/mol. The molecule has 19 heavy (non-hydrogen) atoms. The van der Waals surface area contributed by atoms with E-state index in [4.69, 9.17) is 0 Å². The predicted octanol–water partition coefficient (Wildman–Crippen LogP) is 2.01. The van der Waals surface area contributed by atoms with Crippen LogP contribution in [0.3, 0.4) is 0 Å². The third-order valence-electron chi connectivity index (χ3n) is 2.76. The molecule has 1 unspecified atom stereocenters. The normalized spacial score (nSPS) is 11.8. The highest BCUT2D eigenvalue weighted by atomic mass is 19.1. The summed E-state index contributed by atoms with van der Waals surface area (Å²) in [5, 5.41) is 13.5. The first kappa shape index (κ1) is 14.9. The summed E-state index contributed by atoms with van der Waals surface area (Å²) in [5.74, 6) is -1.15. The molecule has 104 valence electrons. The van der Waals surface area contributed by atoms with Crippen LogP contribution in [0.2, 0.25) is 0 Å². The van der Waals surface area contributed by atoms with E-state index in [0.29, 0.717) is 6.54 Å². The number of halogens is 1. The van der Waals surface area contributed by atoms with Crippen LogP contribution in [0.5, 0.6) is 0 Å². The maximum atomic E-state index is 13.4. The molecule has 0 bridgehead atoms. The molecule has 1 atom stereocenters. The van der Waals surface area contributed by atoms with E-state index in [-0.39, 0.29) is 11.6 Å². The predicted molar refractivity (Wildman–Crippen MR) is 69.5 cm³/mol. The molecular formula is C12H16FN3O3. The number of benzene rings is 1. The molecule has 0 fully saturated rings. The highest BCUT2D eigenvalue weighted by Gasteiger charge is 2.23. The van der Waals surface area contributed by atoms with Gasteiger partial charge in [0.05, 0.1) is 4.92 Å². The van der Waals surface area contributed by atoms with Crippen molar-refractivity contribution in [3.63, 3.8) is 0 Å². The van der Waals surface area contributed by atoms with Crippen molar-refractivity contribution in [2.75, 3.05) is 18.9 Å². The largest absolute Gasteiger partial charge is 0.368 e. The Morgan fingerprint density at radius 3 is 2.74 bits per heavy atom. The van der Waals surface area contributed by atoms with Crippen molar-refractivity contribution in [1.29, 1.82) is 0 Å². The van der Waals surface area contributed by atoms with Gasteiger partial charge in [-0.3, -0.25) is 14.9 Å². The van der Waals surface area contributed by atoms with E-state index < -0.39 is 22.5 Å². The summed E-state index contributed by atoms with van der Waals surface area (Å²) >= 11 is 0. The van der Waals surface area contributed by atoms with Crippen LogP contribution in [0.25, 0.3) is 0 Å². The molecule has 6 nitrogen and oxygen atoms in total. The summed E-state index contributed by atoms with van der Waals surface area (Å²) in [5.41, 5.74) is -0.656. The Labute approximate surface area is 110 Å². The van der Waals surface area contributed by atoms with Gasteiger partial charge in [0, 0.05) is 13.6 Å². The number of likely N-dealkylation sites (N-methyl/N-ethyl adjacent to an activating group) is 1. The molecule has 0 saturated heterocycles. The highest BCUT2D eigenvalue weighted by Crippen LogP contribution is 2.27. The van der Waals surface area contributed by atoms with Crippen molar-refractivity contribution in [3.8, 4) is 0 Å². The van der Waals surface area contributed by atoms with E-state index in [1.807, 2.05) is 6.92 Å². The van der Waals surface area contributed by atoms with Gasteiger partial charge in [-0.15, -0.1) is 0 Å². The zero-order chi connectivity index (χ0) is 14.6. The monoisotopic (exact) mass is 269 g/mol. The molecule has 0 radical (unpaired) electrons. The van der Waals surface area contributed by atoms with Crippen LogP contribution in [-0.4, -0.2) is 35.4 Å². The van der Waals surface area contributed by atoms with Crippen LogP contribution >= 0.6 is 0 Å². The summed E-state index contributed by atoms with van der Waals surface area (Å²) in [6.07, 6.45) is 0. The van der Waals surface area contributed by atoms with Crippen molar-refractivity contribution < 1.29 is 14.1 Å². The van der Waals surface area contributed by atoms with Gasteiger partial charge >= 0.3 is 5.69 Å². The van der Waals surface area contributed by atoms with E-state index in [1.54, 1.807) is 14.0 Å². The number of hydrogen-bond acceptors (Lipinski definition) is 4. The van der Waals surface area contributed by atoms with Crippen molar-refractivity contribution in [2.24, 2.45) is 0 Å². The second-order valence-corrected chi connectivity index (χ2v) is 4.11. The Hall–Kier alpha value is -2.18. The standard InChI is InChI=1S/C12H16FN3O3/c1-4-15(3)12(17)8(2)14-10-7-5-6-9(13)11(10)16(18)19/h5-8,14H,4H2,1-3H3. The zero-order valence-electron chi connectivity index (χ0n) is 11.0. The molecule has 0 aliphatic heterocycles. The first-order valence-corrected chi connectivity index (χ1v) is 5.82. The fraction of sp³-hybridized carbons (Fsp3) is 0.417. The first-order chi connectivity index (χ1) is 8.88. The minimum Gasteiger partial charge on any atom is -0.368 e. The lowest BCUT2D eigenvalue weighted by molar-refractivity contribution is -0.386. The van der Waals surface area contributed by atoms with Crippen LogP contribution in [-0.2, 0) is 4.79 Å². The molecule has 0 spiro atoms. The lowest BCUT2D eigenvalue weighted by atomic mass is 10.2. The van der Waals surface area contributed by atoms with E-state index >= 15 is 0 Å². The minimum absolute atomic E-state index is 0.00430. The number of para-hydroxylation sites is 1. The number of carbonyl (C=O) groups is 1. The minimum atomic E-state index is -0.932. The summed E-state index contributed by atoms with van der Waals surface area (Å²) in [6, 6.07) is 3.06. The van der Waals surface area contributed by atoms with Gasteiger partial charge in [0.25, 0.3) is 0 Å². The van der Waals surface area contributed by atoms with Crippen LogP contribution < -0.4 is 5.32 Å². The third-order valence-corrected chi connectivity index (χ3v) is 2.76. The first-order valence-electron chi connectivity index (χ1n) is 5.82. The van der Waals surface area contributed by atoms with Crippen LogP contribution in [0.4, 0.5) is 15.8 Å². The fourth-order valence-corrected chi connectivity index (χ4v) is 1.60. The van der Waals surface area contributed by atoms with E-state index in [9.17, 15) is 19.3 Å². The number of hydrogen-bond donors (Lipinski definition) is 1. The van der Waals surface area contributed by atoms with E-state index in [1.165, 1.54) is 17.0 Å².